The molecule has 2 aliphatic heterocycles. The highest BCUT2D eigenvalue weighted by Crippen LogP contribution is 2.25. The fourth-order valence-corrected chi connectivity index (χ4v) is 6.64. The van der Waals surface area contributed by atoms with Gasteiger partial charge in [0.25, 0.3) is 0 Å². The lowest BCUT2D eigenvalue weighted by atomic mass is 10.2. The molecule has 0 atom stereocenters. The van der Waals surface area contributed by atoms with E-state index in [1.807, 2.05) is 58.3 Å². The molecule has 2 aromatic carbocycles. The van der Waals surface area contributed by atoms with Crippen LogP contribution in [-0.2, 0) is 21.3 Å². The predicted molar refractivity (Wildman–Crippen MR) is 238 cm³/mol. The topological polar surface area (TPSA) is 159 Å². The number of hydrogen-bond donors (Lipinski definition) is 1. The molecule has 4 amide bonds. The summed E-state index contributed by atoms with van der Waals surface area (Å²) in [6.07, 6.45) is 2.97. The van der Waals surface area contributed by atoms with E-state index in [1.165, 1.54) is 26.6 Å². The van der Waals surface area contributed by atoms with Gasteiger partial charge in [0.1, 0.15) is 11.5 Å². The minimum Gasteiger partial charge on any atom is -0.497 e. The zero-order chi connectivity index (χ0) is 44.1. The SMILES string of the molecule is CCN1CCN(C(=O)N(Cc2ccc(C(=O)OC)cn2)c2cccc(OC)c2)CC1.CCN1CCN(C(=O)Nc2cccc(OC)c2)CC1.COC(=O)c1ccc(CBr)nc1. The van der Waals surface area contributed by atoms with Gasteiger partial charge in [0.05, 0.1) is 57.5 Å². The van der Waals surface area contributed by atoms with Crippen LogP contribution in [0.1, 0.15) is 46.0 Å². The predicted octanol–water partition coefficient (Wildman–Crippen LogP) is 6.27. The number of ether oxygens (including phenoxy) is 4. The monoisotopic (exact) mass is 904 g/mol. The molecule has 328 valence electrons. The molecule has 16 nitrogen and oxygen atoms in total. The van der Waals surface area contributed by atoms with E-state index >= 15 is 0 Å². The summed E-state index contributed by atoms with van der Waals surface area (Å²) in [6.45, 7) is 13.1. The minimum absolute atomic E-state index is 0.0380. The molecule has 61 heavy (non-hydrogen) atoms. The number of benzene rings is 2. The number of rotatable bonds is 11. The maximum atomic E-state index is 13.4. The van der Waals surface area contributed by atoms with Crippen LogP contribution in [0, 0.1) is 0 Å². The second-order valence-electron chi connectivity index (χ2n) is 13.8. The molecule has 0 unspecified atom stereocenters. The van der Waals surface area contributed by atoms with Gasteiger partial charge in [-0.15, -0.1) is 0 Å². The van der Waals surface area contributed by atoms with Crippen molar-refractivity contribution in [2.45, 2.75) is 25.7 Å². The maximum Gasteiger partial charge on any atom is 0.339 e. The third-order valence-corrected chi connectivity index (χ3v) is 10.6. The van der Waals surface area contributed by atoms with Crippen LogP contribution >= 0.6 is 15.9 Å². The molecule has 6 rings (SSSR count). The molecule has 2 aliphatic rings. The summed E-state index contributed by atoms with van der Waals surface area (Å²) < 4.78 is 19.7. The Morgan fingerprint density at radius 2 is 1.16 bits per heavy atom. The number of alkyl halides is 1. The zero-order valence-corrected chi connectivity index (χ0v) is 37.4. The van der Waals surface area contributed by atoms with Crippen molar-refractivity contribution in [3.05, 3.63) is 108 Å². The van der Waals surface area contributed by atoms with Crippen LogP contribution in [0.2, 0.25) is 0 Å². The summed E-state index contributed by atoms with van der Waals surface area (Å²) in [5.74, 6) is 0.621. The first kappa shape index (κ1) is 47.9. The second-order valence-corrected chi connectivity index (χ2v) is 14.3. The lowest BCUT2D eigenvalue weighted by Crippen LogP contribution is -2.52. The van der Waals surface area contributed by atoms with E-state index in [0.717, 1.165) is 75.2 Å². The number of hydrogen-bond acceptors (Lipinski definition) is 12. The van der Waals surface area contributed by atoms with Gasteiger partial charge < -0.3 is 43.9 Å². The van der Waals surface area contributed by atoms with Gasteiger partial charge >= 0.3 is 24.0 Å². The summed E-state index contributed by atoms with van der Waals surface area (Å²) in [4.78, 5) is 66.6. The van der Waals surface area contributed by atoms with Gasteiger partial charge in [0.15, 0.2) is 0 Å². The van der Waals surface area contributed by atoms with Crippen molar-refractivity contribution < 1.29 is 38.1 Å². The van der Waals surface area contributed by atoms with E-state index in [1.54, 1.807) is 43.4 Å². The zero-order valence-electron chi connectivity index (χ0n) is 35.8. The molecule has 0 bridgehead atoms. The van der Waals surface area contributed by atoms with Gasteiger partial charge in [0, 0.05) is 93.6 Å². The van der Waals surface area contributed by atoms with Gasteiger partial charge in [-0.2, -0.15) is 0 Å². The van der Waals surface area contributed by atoms with Gasteiger partial charge in [-0.05, 0) is 61.6 Å². The average molecular weight is 906 g/mol. The van der Waals surface area contributed by atoms with E-state index < -0.39 is 5.97 Å². The summed E-state index contributed by atoms with van der Waals surface area (Å²) in [5.41, 5.74) is 3.91. The summed E-state index contributed by atoms with van der Waals surface area (Å²) in [6, 6.07) is 21.6. The quantitative estimate of drug-likeness (QED) is 0.133. The van der Waals surface area contributed by atoms with Crippen LogP contribution in [0.5, 0.6) is 11.5 Å². The number of halogens is 1. The molecule has 4 heterocycles. The van der Waals surface area contributed by atoms with Gasteiger partial charge in [-0.3, -0.25) is 14.9 Å². The Hall–Kier alpha value is -5.78. The Balaban J connectivity index is 0.000000224. The number of likely N-dealkylation sites (N-methyl/N-ethyl adjacent to an activating group) is 2. The number of piperazine rings is 2. The molecular weight excluding hydrogens is 848 g/mol. The van der Waals surface area contributed by atoms with Crippen molar-refractivity contribution in [1.82, 2.24) is 29.6 Å². The number of carbonyl (C=O) groups excluding carboxylic acids is 4. The fraction of sp³-hybridized carbons (Fsp3) is 0.409. The number of methoxy groups -OCH3 is 4. The lowest BCUT2D eigenvalue weighted by molar-refractivity contribution is 0.0591. The first-order chi connectivity index (χ1) is 29.5. The molecule has 0 radical (unpaired) electrons. The van der Waals surface area contributed by atoms with Crippen LogP contribution in [0.15, 0.2) is 85.2 Å². The number of nitrogens with zero attached hydrogens (tertiary/aromatic N) is 7. The van der Waals surface area contributed by atoms with Crippen LogP contribution < -0.4 is 19.7 Å². The third-order valence-electron chi connectivity index (χ3n) is 10.1. The van der Waals surface area contributed by atoms with E-state index in [0.29, 0.717) is 41.0 Å². The number of esters is 2. The Morgan fingerprint density at radius 1 is 0.656 bits per heavy atom. The number of nitrogens with one attached hydrogen (secondary N) is 1. The van der Waals surface area contributed by atoms with Crippen LogP contribution in [-0.4, -0.2) is 147 Å². The minimum atomic E-state index is -0.441. The van der Waals surface area contributed by atoms with Crippen molar-refractivity contribution in [1.29, 1.82) is 0 Å². The van der Waals surface area contributed by atoms with E-state index in [4.69, 9.17) is 14.2 Å². The van der Waals surface area contributed by atoms with E-state index in [9.17, 15) is 19.2 Å². The number of anilines is 2. The molecule has 2 saturated heterocycles. The van der Waals surface area contributed by atoms with Gasteiger partial charge in [0.2, 0.25) is 0 Å². The van der Waals surface area contributed by atoms with Gasteiger partial charge in [-0.25, -0.2) is 19.2 Å². The van der Waals surface area contributed by atoms with Crippen molar-refractivity contribution in [2.24, 2.45) is 0 Å². The highest BCUT2D eigenvalue weighted by atomic mass is 79.9. The Labute approximate surface area is 366 Å². The Kier molecular flexibility index (Phi) is 19.7. The summed E-state index contributed by atoms with van der Waals surface area (Å²) >= 11 is 3.26. The average Bonchev–Trinajstić information content (AvgIpc) is 3.33. The second kappa shape index (κ2) is 25.1. The van der Waals surface area contributed by atoms with Gasteiger partial charge in [-0.1, -0.05) is 41.9 Å². The van der Waals surface area contributed by atoms with E-state index in [-0.39, 0.29) is 24.6 Å². The molecule has 2 aromatic heterocycles. The van der Waals surface area contributed by atoms with Crippen molar-refractivity contribution in [2.75, 3.05) is 104 Å². The summed E-state index contributed by atoms with van der Waals surface area (Å²) in [7, 11) is 5.89. The number of amides is 4. The van der Waals surface area contributed by atoms with Crippen LogP contribution in [0.3, 0.4) is 0 Å². The first-order valence-corrected chi connectivity index (χ1v) is 21.2. The third kappa shape index (κ3) is 14.7. The Morgan fingerprint density at radius 3 is 1.64 bits per heavy atom. The maximum absolute atomic E-state index is 13.4. The Bertz CT molecular complexity index is 1990. The van der Waals surface area contributed by atoms with Crippen LogP contribution in [0.25, 0.3) is 0 Å². The normalized spacial score (nSPS) is 14.0. The molecule has 0 spiro atoms. The van der Waals surface area contributed by atoms with Crippen LogP contribution in [0.4, 0.5) is 21.0 Å². The summed E-state index contributed by atoms with van der Waals surface area (Å²) in [5, 5.41) is 3.60. The largest absolute Gasteiger partial charge is 0.497 e. The molecule has 4 aromatic rings. The van der Waals surface area contributed by atoms with Crippen molar-refractivity contribution in [3.8, 4) is 11.5 Å². The fourth-order valence-electron chi connectivity index (χ4n) is 6.31. The molecule has 17 heteroatoms. The smallest absolute Gasteiger partial charge is 0.339 e. The number of urea groups is 2. The highest BCUT2D eigenvalue weighted by molar-refractivity contribution is 9.08. The first-order valence-electron chi connectivity index (χ1n) is 20.0. The number of aromatic nitrogens is 2. The number of pyridine rings is 2. The lowest BCUT2D eigenvalue weighted by Gasteiger charge is -2.37. The standard InChI is InChI=1S/C22H28N4O4.C14H21N3O2.C8H8BrNO2/c1-4-24-10-12-25(13-11-24)22(28)26(19-6-5-7-20(14-19)29-2)16-18-9-8-17(15-23-18)21(27)30-3;1-3-16-7-9-17(10-8-16)14(18)15-12-5-4-6-13(11-12)19-2;1-12-8(11)6-2-3-7(4-9)10-5-6/h5-9,14-15H,4,10-13,16H2,1-3H3;4-6,11H,3,7-10H2,1-2H3,(H,15,18);2-3,5H,4H2,1H3. The van der Waals surface area contributed by atoms with Crippen molar-refractivity contribution in [3.63, 3.8) is 0 Å². The molecular formula is C44H57BrN8O8. The van der Waals surface area contributed by atoms with E-state index in [2.05, 4.69) is 59.6 Å². The number of carbonyl (C=O) groups is 4. The molecule has 2 fully saturated rings. The molecule has 0 aliphatic carbocycles. The molecule has 1 N–H and O–H groups in total. The highest BCUT2D eigenvalue weighted by Gasteiger charge is 2.27. The van der Waals surface area contributed by atoms with Crippen molar-refractivity contribution >= 4 is 51.3 Å². The molecule has 0 saturated carbocycles.